The van der Waals surface area contributed by atoms with E-state index in [-0.39, 0.29) is 11.9 Å². The van der Waals surface area contributed by atoms with Crippen molar-refractivity contribution in [3.63, 3.8) is 0 Å². The van der Waals surface area contributed by atoms with Crippen molar-refractivity contribution in [3.05, 3.63) is 42.1 Å². The van der Waals surface area contributed by atoms with Gasteiger partial charge in [-0.3, -0.25) is 9.78 Å². The SMILES string of the molecule is NCC1CCCN1C(=O)c1ccc2ncccc2c1. The van der Waals surface area contributed by atoms with Gasteiger partial charge in [-0.15, -0.1) is 0 Å². The molecule has 0 saturated carbocycles. The summed E-state index contributed by atoms with van der Waals surface area (Å²) in [5.41, 5.74) is 7.36. The number of fused-ring (bicyclic) bond motifs is 1. The Bertz CT molecular complexity index is 611. The molecule has 1 fully saturated rings. The van der Waals surface area contributed by atoms with E-state index in [1.807, 2.05) is 35.2 Å². The molecule has 4 heteroatoms. The van der Waals surface area contributed by atoms with E-state index < -0.39 is 0 Å². The average molecular weight is 255 g/mol. The molecule has 2 heterocycles. The molecule has 1 unspecified atom stereocenters. The van der Waals surface area contributed by atoms with Crippen LogP contribution in [0.5, 0.6) is 0 Å². The van der Waals surface area contributed by atoms with Crippen molar-refractivity contribution >= 4 is 16.8 Å². The highest BCUT2D eigenvalue weighted by atomic mass is 16.2. The average Bonchev–Trinajstić information content (AvgIpc) is 2.94. The molecule has 1 aliphatic heterocycles. The molecule has 3 rings (SSSR count). The van der Waals surface area contributed by atoms with E-state index in [1.54, 1.807) is 6.20 Å². The number of likely N-dealkylation sites (tertiary alicyclic amines) is 1. The van der Waals surface area contributed by atoms with Gasteiger partial charge in [0.25, 0.3) is 5.91 Å². The number of carbonyl (C=O) groups is 1. The van der Waals surface area contributed by atoms with Gasteiger partial charge in [0.1, 0.15) is 0 Å². The highest BCUT2D eigenvalue weighted by Crippen LogP contribution is 2.21. The number of rotatable bonds is 2. The lowest BCUT2D eigenvalue weighted by Gasteiger charge is -2.23. The van der Waals surface area contributed by atoms with Crippen molar-refractivity contribution in [2.24, 2.45) is 5.73 Å². The summed E-state index contributed by atoms with van der Waals surface area (Å²) in [4.78, 5) is 18.7. The molecule has 0 radical (unpaired) electrons. The Morgan fingerprint density at radius 2 is 2.32 bits per heavy atom. The van der Waals surface area contributed by atoms with Crippen molar-refractivity contribution in [2.75, 3.05) is 13.1 Å². The molecule has 0 spiro atoms. The molecular formula is C15H17N3O. The maximum absolute atomic E-state index is 12.5. The highest BCUT2D eigenvalue weighted by Gasteiger charge is 2.28. The molecule has 0 bridgehead atoms. The normalized spacial score (nSPS) is 19.0. The van der Waals surface area contributed by atoms with Gasteiger partial charge in [0.15, 0.2) is 0 Å². The van der Waals surface area contributed by atoms with Crippen LogP contribution in [0.25, 0.3) is 10.9 Å². The standard InChI is InChI=1S/C15H17N3O/c16-10-13-4-2-8-18(13)15(19)12-5-6-14-11(9-12)3-1-7-17-14/h1,3,5-7,9,13H,2,4,8,10,16H2. The predicted molar refractivity (Wildman–Crippen MR) is 74.9 cm³/mol. The third-order valence-corrected chi connectivity index (χ3v) is 3.76. The van der Waals surface area contributed by atoms with Gasteiger partial charge in [-0.1, -0.05) is 6.07 Å². The number of amides is 1. The molecule has 98 valence electrons. The zero-order chi connectivity index (χ0) is 13.2. The van der Waals surface area contributed by atoms with Gasteiger partial charge in [-0.05, 0) is 37.1 Å². The molecule has 1 aliphatic rings. The molecule has 2 aromatic rings. The first-order chi connectivity index (χ1) is 9.29. The second-order valence-electron chi connectivity index (χ2n) is 4.94. The van der Waals surface area contributed by atoms with Crippen LogP contribution in [-0.4, -0.2) is 34.9 Å². The Morgan fingerprint density at radius 3 is 3.16 bits per heavy atom. The lowest BCUT2D eigenvalue weighted by atomic mass is 10.1. The Morgan fingerprint density at radius 1 is 1.42 bits per heavy atom. The van der Waals surface area contributed by atoms with Gasteiger partial charge in [-0.25, -0.2) is 0 Å². The first-order valence-electron chi connectivity index (χ1n) is 6.65. The third-order valence-electron chi connectivity index (χ3n) is 3.76. The van der Waals surface area contributed by atoms with Crippen LogP contribution >= 0.6 is 0 Å². The number of pyridine rings is 1. The van der Waals surface area contributed by atoms with Crippen molar-refractivity contribution in [2.45, 2.75) is 18.9 Å². The third kappa shape index (κ3) is 2.19. The molecule has 1 saturated heterocycles. The minimum Gasteiger partial charge on any atom is -0.334 e. The van der Waals surface area contributed by atoms with Gasteiger partial charge < -0.3 is 10.6 Å². The molecule has 1 amide bonds. The number of hydrogen-bond donors (Lipinski definition) is 1. The first kappa shape index (κ1) is 12.1. The van der Waals surface area contributed by atoms with Gasteiger partial charge >= 0.3 is 0 Å². The van der Waals surface area contributed by atoms with Crippen molar-refractivity contribution in [1.82, 2.24) is 9.88 Å². The Labute approximate surface area is 112 Å². The summed E-state index contributed by atoms with van der Waals surface area (Å²) >= 11 is 0. The van der Waals surface area contributed by atoms with E-state index in [0.717, 1.165) is 35.9 Å². The maximum Gasteiger partial charge on any atom is 0.254 e. The van der Waals surface area contributed by atoms with E-state index in [2.05, 4.69) is 4.98 Å². The number of carbonyl (C=O) groups excluding carboxylic acids is 1. The second-order valence-corrected chi connectivity index (χ2v) is 4.94. The second kappa shape index (κ2) is 4.97. The maximum atomic E-state index is 12.5. The van der Waals surface area contributed by atoms with Crippen LogP contribution < -0.4 is 5.73 Å². The number of nitrogens with two attached hydrogens (primary N) is 1. The van der Waals surface area contributed by atoms with Crippen LogP contribution in [0.4, 0.5) is 0 Å². The lowest BCUT2D eigenvalue weighted by molar-refractivity contribution is 0.0741. The Hall–Kier alpha value is -1.94. The highest BCUT2D eigenvalue weighted by molar-refractivity contribution is 5.98. The molecule has 4 nitrogen and oxygen atoms in total. The fourth-order valence-electron chi connectivity index (χ4n) is 2.72. The summed E-state index contributed by atoms with van der Waals surface area (Å²) in [7, 11) is 0. The number of benzene rings is 1. The summed E-state index contributed by atoms with van der Waals surface area (Å²) in [6, 6.07) is 9.71. The number of hydrogen-bond acceptors (Lipinski definition) is 3. The lowest BCUT2D eigenvalue weighted by Crippen LogP contribution is -2.39. The number of aromatic nitrogens is 1. The van der Waals surface area contributed by atoms with Crippen LogP contribution in [0, 0.1) is 0 Å². The molecule has 2 N–H and O–H groups in total. The van der Waals surface area contributed by atoms with E-state index in [9.17, 15) is 4.79 Å². The summed E-state index contributed by atoms with van der Waals surface area (Å²) < 4.78 is 0. The van der Waals surface area contributed by atoms with Crippen LogP contribution in [0.1, 0.15) is 23.2 Å². The predicted octanol–water partition coefficient (Wildman–Crippen LogP) is 1.80. The summed E-state index contributed by atoms with van der Waals surface area (Å²) in [5.74, 6) is 0.0821. The van der Waals surface area contributed by atoms with Gasteiger partial charge in [0.05, 0.1) is 5.52 Å². The van der Waals surface area contributed by atoms with Crippen LogP contribution in [-0.2, 0) is 0 Å². The zero-order valence-corrected chi connectivity index (χ0v) is 10.7. The van der Waals surface area contributed by atoms with E-state index >= 15 is 0 Å². The van der Waals surface area contributed by atoms with Gasteiger partial charge in [0.2, 0.25) is 0 Å². The van der Waals surface area contributed by atoms with E-state index in [4.69, 9.17) is 5.73 Å². The largest absolute Gasteiger partial charge is 0.334 e. The minimum atomic E-state index is 0.0821. The molecular weight excluding hydrogens is 238 g/mol. The minimum absolute atomic E-state index is 0.0821. The fourth-order valence-corrected chi connectivity index (χ4v) is 2.72. The van der Waals surface area contributed by atoms with E-state index in [0.29, 0.717) is 6.54 Å². The summed E-state index contributed by atoms with van der Waals surface area (Å²) in [5, 5.41) is 0.997. The van der Waals surface area contributed by atoms with Crippen LogP contribution in [0.2, 0.25) is 0 Å². The molecule has 1 aromatic heterocycles. The quantitative estimate of drug-likeness (QED) is 0.890. The van der Waals surface area contributed by atoms with Crippen molar-refractivity contribution in [3.8, 4) is 0 Å². The van der Waals surface area contributed by atoms with Crippen LogP contribution in [0.15, 0.2) is 36.5 Å². The summed E-state index contributed by atoms with van der Waals surface area (Å²) in [6.07, 6.45) is 3.81. The monoisotopic (exact) mass is 255 g/mol. The zero-order valence-electron chi connectivity index (χ0n) is 10.7. The van der Waals surface area contributed by atoms with Crippen LogP contribution in [0.3, 0.4) is 0 Å². The molecule has 0 aliphatic carbocycles. The van der Waals surface area contributed by atoms with Gasteiger partial charge in [0, 0.05) is 36.3 Å². The molecule has 1 aromatic carbocycles. The van der Waals surface area contributed by atoms with Crippen molar-refractivity contribution < 1.29 is 4.79 Å². The number of nitrogens with zero attached hydrogens (tertiary/aromatic N) is 2. The first-order valence-corrected chi connectivity index (χ1v) is 6.65. The molecule has 1 atom stereocenters. The summed E-state index contributed by atoms with van der Waals surface area (Å²) in [6.45, 7) is 1.35. The van der Waals surface area contributed by atoms with E-state index in [1.165, 1.54) is 0 Å². The smallest absolute Gasteiger partial charge is 0.254 e. The Kier molecular flexibility index (Phi) is 3.17. The van der Waals surface area contributed by atoms with Gasteiger partial charge in [-0.2, -0.15) is 0 Å². The van der Waals surface area contributed by atoms with Crippen molar-refractivity contribution in [1.29, 1.82) is 0 Å². The molecule has 19 heavy (non-hydrogen) atoms. The Balaban J connectivity index is 1.93. The fraction of sp³-hybridized carbons (Fsp3) is 0.333. The topological polar surface area (TPSA) is 59.2 Å².